The lowest BCUT2D eigenvalue weighted by atomic mass is 9.91. The van der Waals surface area contributed by atoms with E-state index in [0.29, 0.717) is 17.5 Å². The van der Waals surface area contributed by atoms with Crippen LogP contribution >= 0.6 is 0 Å². The molecule has 226 valence electrons. The molecule has 0 heterocycles. The van der Waals surface area contributed by atoms with Gasteiger partial charge in [-0.25, -0.2) is 0 Å². The third kappa shape index (κ3) is 8.23. The number of alkyl halides is 3. The van der Waals surface area contributed by atoms with Gasteiger partial charge in [0.25, 0.3) is 5.91 Å². The number of halogens is 3. The second-order valence-corrected chi connectivity index (χ2v) is 11.0. The Hall–Kier alpha value is -3.62. The van der Waals surface area contributed by atoms with E-state index in [1.54, 1.807) is 26.0 Å². The fourth-order valence-electron chi connectivity index (χ4n) is 5.08. The Kier molecular flexibility index (Phi) is 11.0. The highest BCUT2D eigenvalue weighted by Gasteiger charge is 2.33. The number of hydrogen-bond acceptors (Lipinski definition) is 4. The fourth-order valence-corrected chi connectivity index (χ4v) is 5.08. The first-order valence-corrected chi connectivity index (χ1v) is 14.2. The van der Waals surface area contributed by atoms with Crippen molar-refractivity contribution in [3.8, 4) is 0 Å². The molecule has 5 nitrogen and oxygen atoms in total. The van der Waals surface area contributed by atoms with Gasteiger partial charge in [0, 0.05) is 30.4 Å². The third-order valence-corrected chi connectivity index (χ3v) is 7.76. The number of rotatable bonds is 12. The molecule has 3 aromatic carbocycles. The van der Waals surface area contributed by atoms with Gasteiger partial charge in [0.2, 0.25) is 0 Å². The predicted molar refractivity (Wildman–Crippen MR) is 165 cm³/mol. The molecule has 8 heteroatoms. The zero-order valence-corrected chi connectivity index (χ0v) is 25.2. The number of carbonyl (C=O) groups is 1. The summed E-state index contributed by atoms with van der Waals surface area (Å²) in [5, 5.41) is 20.8. The predicted octanol–water partition coefficient (Wildman–Crippen LogP) is 7.10. The van der Waals surface area contributed by atoms with Gasteiger partial charge in [-0.3, -0.25) is 4.79 Å². The Morgan fingerprint density at radius 3 is 2.26 bits per heavy atom. The van der Waals surface area contributed by atoms with Gasteiger partial charge in [-0.15, -0.1) is 0 Å². The smallest absolute Gasteiger partial charge is 0.390 e. The minimum Gasteiger partial charge on any atom is -0.390 e. The van der Waals surface area contributed by atoms with Crippen molar-refractivity contribution in [2.45, 2.75) is 71.3 Å². The Labute approximate surface area is 247 Å². The molecule has 0 fully saturated rings. The minimum atomic E-state index is -4.45. The Bertz CT molecular complexity index is 1380. The van der Waals surface area contributed by atoms with Gasteiger partial charge in [0.15, 0.2) is 0 Å². The summed E-state index contributed by atoms with van der Waals surface area (Å²) in [6.45, 7) is 9.63. The SMILES string of the molecule is C/C=C(/CC)c1cc(C(=O)NC(Cc2ccccc2)C(O)CNC(C)(C)c2cccc(C(F)(F)F)c2)cc(NC)c1C. The summed E-state index contributed by atoms with van der Waals surface area (Å²) in [4.78, 5) is 13.6. The summed E-state index contributed by atoms with van der Waals surface area (Å²) in [6.07, 6.45) is -2.26. The molecule has 0 saturated heterocycles. The number of allylic oxidation sites excluding steroid dienone is 2. The van der Waals surface area contributed by atoms with E-state index < -0.39 is 29.4 Å². The van der Waals surface area contributed by atoms with Crippen molar-refractivity contribution >= 4 is 17.2 Å². The standard InChI is InChI=1S/C34H42F3N3O2/c1-7-24(8-2)28-18-25(19-29(38-6)22(28)3)32(42)40-30(17-23-13-10-9-11-14-23)31(41)21-39-33(4,5)26-15-12-16-27(20-26)34(35,36)37/h7,9-16,18-20,30-31,38-39,41H,8,17,21H2,1-6H3,(H,40,42)/b24-7-. The lowest BCUT2D eigenvalue weighted by Gasteiger charge is -2.32. The Morgan fingerprint density at radius 2 is 1.67 bits per heavy atom. The maximum Gasteiger partial charge on any atom is 0.416 e. The molecule has 0 aliphatic heterocycles. The van der Waals surface area contributed by atoms with Crippen molar-refractivity contribution < 1.29 is 23.1 Å². The number of amides is 1. The summed E-state index contributed by atoms with van der Waals surface area (Å²) in [5.41, 5.74) is 4.24. The summed E-state index contributed by atoms with van der Waals surface area (Å²) in [6, 6.07) is 17.7. The van der Waals surface area contributed by atoms with Crippen LogP contribution in [0, 0.1) is 6.92 Å². The molecule has 0 aliphatic carbocycles. The molecule has 2 unspecified atom stereocenters. The third-order valence-electron chi connectivity index (χ3n) is 7.76. The average Bonchev–Trinajstić information content (AvgIpc) is 2.97. The van der Waals surface area contributed by atoms with Crippen LogP contribution in [0.25, 0.3) is 5.57 Å². The van der Waals surface area contributed by atoms with Crippen LogP contribution in [-0.4, -0.2) is 36.8 Å². The lowest BCUT2D eigenvalue weighted by molar-refractivity contribution is -0.137. The van der Waals surface area contributed by atoms with E-state index in [0.717, 1.165) is 46.5 Å². The van der Waals surface area contributed by atoms with Gasteiger partial charge in [0.1, 0.15) is 0 Å². The van der Waals surface area contributed by atoms with Crippen LogP contribution in [-0.2, 0) is 18.1 Å². The van der Waals surface area contributed by atoms with E-state index in [4.69, 9.17) is 0 Å². The highest BCUT2D eigenvalue weighted by atomic mass is 19.4. The van der Waals surface area contributed by atoms with Crippen molar-refractivity contribution in [3.05, 3.63) is 106 Å². The average molecular weight is 582 g/mol. The number of carbonyl (C=O) groups excluding carboxylic acids is 1. The number of hydrogen-bond donors (Lipinski definition) is 4. The molecule has 0 saturated carbocycles. The molecule has 0 aromatic heterocycles. The van der Waals surface area contributed by atoms with Gasteiger partial charge < -0.3 is 21.1 Å². The first-order valence-electron chi connectivity index (χ1n) is 14.2. The van der Waals surface area contributed by atoms with Crippen LogP contribution in [0.1, 0.15) is 72.3 Å². The normalized spacial score (nSPS) is 13.9. The van der Waals surface area contributed by atoms with Crippen LogP contribution < -0.4 is 16.0 Å². The van der Waals surface area contributed by atoms with Gasteiger partial charge in [0.05, 0.1) is 17.7 Å². The maximum absolute atomic E-state index is 13.6. The van der Waals surface area contributed by atoms with Gasteiger partial charge in [-0.05, 0) is 92.6 Å². The van der Waals surface area contributed by atoms with Crippen LogP contribution in [0.15, 0.2) is 72.8 Å². The zero-order chi connectivity index (χ0) is 31.1. The second-order valence-electron chi connectivity index (χ2n) is 11.0. The molecule has 0 aliphatic rings. The van der Waals surface area contributed by atoms with Crippen LogP contribution in [0.5, 0.6) is 0 Å². The summed E-state index contributed by atoms with van der Waals surface area (Å²) in [7, 11) is 1.81. The largest absolute Gasteiger partial charge is 0.416 e. The van der Waals surface area contributed by atoms with E-state index in [-0.39, 0.29) is 12.5 Å². The Balaban J connectivity index is 1.87. The molecule has 0 bridgehead atoms. The lowest BCUT2D eigenvalue weighted by Crippen LogP contribution is -2.51. The molecular weight excluding hydrogens is 539 g/mol. The van der Waals surface area contributed by atoms with Crippen molar-refractivity contribution in [1.29, 1.82) is 0 Å². The van der Waals surface area contributed by atoms with Gasteiger partial charge >= 0.3 is 6.18 Å². The zero-order valence-electron chi connectivity index (χ0n) is 25.2. The highest BCUT2D eigenvalue weighted by molar-refractivity contribution is 5.97. The molecule has 42 heavy (non-hydrogen) atoms. The molecule has 3 aromatic rings. The van der Waals surface area contributed by atoms with E-state index in [1.807, 2.05) is 63.4 Å². The van der Waals surface area contributed by atoms with Crippen molar-refractivity contribution in [1.82, 2.24) is 10.6 Å². The second kappa shape index (κ2) is 14.0. The summed E-state index contributed by atoms with van der Waals surface area (Å²) < 4.78 is 39.9. The minimum absolute atomic E-state index is 0.0422. The van der Waals surface area contributed by atoms with E-state index in [1.165, 1.54) is 6.07 Å². The number of aliphatic hydroxyl groups excluding tert-OH is 1. The van der Waals surface area contributed by atoms with Crippen LogP contribution in [0.3, 0.4) is 0 Å². The summed E-state index contributed by atoms with van der Waals surface area (Å²) >= 11 is 0. The van der Waals surface area contributed by atoms with Crippen molar-refractivity contribution in [2.75, 3.05) is 18.9 Å². The molecule has 0 radical (unpaired) electrons. The monoisotopic (exact) mass is 581 g/mol. The topological polar surface area (TPSA) is 73.4 Å². The molecule has 0 spiro atoms. The molecule has 1 amide bonds. The number of aliphatic hydroxyl groups is 1. The molecule has 3 rings (SSSR count). The number of anilines is 1. The molecular formula is C34H42F3N3O2. The Morgan fingerprint density at radius 1 is 1.00 bits per heavy atom. The first-order chi connectivity index (χ1) is 19.8. The molecule has 4 N–H and O–H groups in total. The molecule has 2 atom stereocenters. The van der Waals surface area contributed by atoms with Gasteiger partial charge in [-0.2, -0.15) is 13.2 Å². The highest BCUT2D eigenvalue weighted by Crippen LogP contribution is 2.32. The van der Waals surface area contributed by atoms with Crippen LogP contribution in [0.4, 0.5) is 18.9 Å². The number of benzene rings is 3. The van der Waals surface area contributed by atoms with E-state index in [2.05, 4.69) is 22.9 Å². The van der Waals surface area contributed by atoms with E-state index >= 15 is 0 Å². The maximum atomic E-state index is 13.6. The van der Waals surface area contributed by atoms with Gasteiger partial charge in [-0.1, -0.05) is 55.5 Å². The van der Waals surface area contributed by atoms with Crippen molar-refractivity contribution in [2.24, 2.45) is 0 Å². The van der Waals surface area contributed by atoms with Crippen molar-refractivity contribution in [3.63, 3.8) is 0 Å². The van der Waals surface area contributed by atoms with E-state index in [9.17, 15) is 23.1 Å². The quantitative estimate of drug-likeness (QED) is 0.184. The fraction of sp³-hybridized carbons (Fsp3) is 0.382. The van der Waals surface area contributed by atoms with Crippen LogP contribution in [0.2, 0.25) is 0 Å². The number of nitrogens with one attached hydrogen (secondary N) is 3. The first kappa shape index (κ1) is 32.9. The summed E-state index contributed by atoms with van der Waals surface area (Å²) in [5.74, 6) is -0.323.